The molecule has 150 valence electrons. The smallest absolute Gasteiger partial charge is 0.277 e. The average Bonchev–Trinajstić information content (AvgIpc) is 3.46. The molecule has 1 saturated heterocycles. The van der Waals surface area contributed by atoms with Crippen LogP contribution in [0.5, 0.6) is 0 Å². The standard InChI is InChI=1S/C20H22N6O2S/c1-14-4-6-24(7-5-14)13-19-21-18(23-28-19)12-25-8-9-26-16(20(25)27)11-15(22-26)17-3-2-10-29-17/h2-3,8-11,14H,4-7,12-13H2,1H3. The third kappa shape index (κ3) is 3.75. The molecule has 0 bridgehead atoms. The summed E-state index contributed by atoms with van der Waals surface area (Å²) in [7, 11) is 0. The van der Waals surface area contributed by atoms with Gasteiger partial charge in [-0.25, -0.2) is 4.52 Å². The van der Waals surface area contributed by atoms with Gasteiger partial charge in [-0.2, -0.15) is 10.1 Å². The van der Waals surface area contributed by atoms with Crippen molar-refractivity contribution in [1.29, 1.82) is 0 Å². The number of likely N-dealkylation sites (tertiary alicyclic amines) is 1. The summed E-state index contributed by atoms with van der Waals surface area (Å²) >= 11 is 1.60. The SMILES string of the molecule is CC1CCN(Cc2nc(Cn3ccn4nc(-c5cccs5)cc4c3=O)no2)CC1. The topological polar surface area (TPSA) is 81.5 Å². The van der Waals surface area contributed by atoms with Crippen LogP contribution < -0.4 is 5.56 Å². The number of fused-ring (bicyclic) bond motifs is 1. The number of thiophene rings is 1. The molecule has 0 N–H and O–H groups in total. The third-order valence-corrected chi connectivity index (χ3v) is 6.33. The Morgan fingerprint density at radius 1 is 1.24 bits per heavy atom. The van der Waals surface area contributed by atoms with Crippen LogP contribution in [0.2, 0.25) is 0 Å². The van der Waals surface area contributed by atoms with Crippen LogP contribution in [-0.2, 0) is 13.1 Å². The van der Waals surface area contributed by atoms with Gasteiger partial charge in [0, 0.05) is 12.4 Å². The van der Waals surface area contributed by atoms with Gasteiger partial charge < -0.3 is 9.09 Å². The number of nitrogens with zero attached hydrogens (tertiary/aromatic N) is 6. The van der Waals surface area contributed by atoms with E-state index in [1.807, 2.05) is 23.6 Å². The Bertz CT molecular complexity index is 1170. The lowest BCUT2D eigenvalue weighted by Crippen LogP contribution is -2.32. The Kier molecular flexibility index (Phi) is 4.76. The normalized spacial score (nSPS) is 16.0. The monoisotopic (exact) mass is 410 g/mol. The number of hydrogen-bond donors (Lipinski definition) is 0. The van der Waals surface area contributed by atoms with E-state index in [0.29, 0.717) is 23.8 Å². The lowest BCUT2D eigenvalue weighted by atomic mass is 9.99. The molecule has 0 aromatic carbocycles. The molecule has 0 amide bonds. The second-order valence-corrected chi connectivity index (χ2v) is 8.58. The van der Waals surface area contributed by atoms with E-state index in [-0.39, 0.29) is 12.1 Å². The first-order chi connectivity index (χ1) is 14.2. The Morgan fingerprint density at radius 3 is 2.90 bits per heavy atom. The molecular weight excluding hydrogens is 388 g/mol. The van der Waals surface area contributed by atoms with Crippen LogP contribution in [0.3, 0.4) is 0 Å². The van der Waals surface area contributed by atoms with Crippen molar-refractivity contribution in [2.24, 2.45) is 5.92 Å². The van der Waals surface area contributed by atoms with Crippen molar-refractivity contribution < 1.29 is 4.52 Å². The van der Waals surface area contributed by atoms with Crippen molar-refractivity contribution in [3.8, 4) is 10.6 Å². The molecule has 4 aromatic rings. The van der Waals surface area contributed by atoms with Gasteiger partial charge in [0.2, 0.25) is 5.89 Å². The Morgan fingerprint density at radius 2 is 2.10 bits per heavy atom. The summed E-state index contributed by atoms with van der Waals surface area (Å²) in [6.07, 6.45) is 5.90. The van der Waals surface area contributed by atoms with E-state index in [9.17, 15) is 4.79 Å². The van der Waals surface area contributed by atoms with Crippen molar-refractivity contribution in [1.82, 2.24) is 29.2 Å². The highest BCUT2D eigenvalue weighted by molar-refractivity contribution is 7.13. The Balaban J connectivity index is 1.33. The number of aromatic nitrogens is 5. The summed E-state index contributed by atoms with van der Waals surface area (Å²) in [4.78, 5) is 20.7. The van der Waals surface area contributed by atoms with Gasteiger partial charge in [-0.1, -0.05) is 18.1 Å². The van der Waals surface area contributed by atoms with Crippen LogP contribution >= 0.6 is 11.3 Å². The first kappa shape index (κ1) is 18.3. The fourth-order valence-corrected chi connectivity index (χ4v) is 4.36. The zero-order chi connectivity index (χ0) is 19.8. The molecule has 29 heavy (non-hydrogen) atoms. The van der Waals surface area contributed by atoms with Gasteiger partial charge in [0.05, 0.1) is 18.0 Å². The average molecular weight is 411 g/mol. The summed E-state index contributed by atoms with van der Waals surface area (Å²) in [6, 6.07) is 5.79. The predicted octanol–water partition coefficient (Wildman–Crippen LogP) is 2.89. The van der Waals surface area contributed by atoms with Crippen molar-refractivity contribution in [3.63, 3.8) is 0 Å². The maximum Gasteiger partial charge on any atom is 0.277 e. The minimum Gasteiger partial charge on any atom is -0.338 e. The molecule has 0 saturated carbocycles. The lowest BCUT2D eigenvalue weighted by Gasteiger charge is -2.28. The van der Waals surface area contributed by atoms with Gasteiger partial charge in [-0.15, -0.1) is 11.3 Å². The maximum absolute atomic E-state index is 12.9. The number of rotatable bonds is 5. The maximum atomic E-state index is 12.9. The highest BCUT2D eigenvalue weighted by Crippen LogP contribution is 2.23. The first-order valence-electron chi connectivity index (χ1n) is 9.82. The third-order valence-electron chi connectivity index (χ3n) is 5.43. The van der Waals surface area contributed by atoms with Crippen molar-refractivity contribution in [3.05, 3.63) is 58.0 Å². The zero-order valence-corrected chi connectivity index (χ0v) is 17.0. The van der Waals surface area contributed by atoms with Crippen molar-refractivity contribution in [2.75, 3.05) is 13.1 Å². The minimum atomic E-state index is -0.126. The van der Waals surface area contributed by atoms with Gasteiger partial charge in [0.15, 0.2) is 5.82 Å². The highest BCUT2D eigenvalue weighted by atomic mass is 32.1. The fraction of sp³-hybridized carbons (Fsp3) is 0.400. The molecule has 9 heteroatoms. The molecule has 1 aliphatic heterocycles. The summed E-state index contributed by atoms with van der Waals surface area (Å²) in [5, 5.41) is 10.6. The van der Waals surface area contributed by atoms with Crippen molar-refractivity contribution >= 4 is 16.9 Å². The van der Waals surface area contributed by atoms with E-state index >= 15 is 0 Å². The number of hydrogen-bond acceptors (Lipinski definition) is 7. The van der Waals surface area contributed by atoms with Gasteiger partial charge >= 0.3 is 0 Å². The summed E-state index contributed by atoms with van der Waals surface area (Å²) in [6.45, 7) is 5.35. The molecule has 4 aromatic heterocycles. The van der Waals surface area contributed by atoms with E-state index in [0.717, 1.165) is 29.6 Å². The molecule has 5 rings (SSSR count). The molecule has 8 nitrogen and oxygen atoms in total. The van der Waals surface area contributed by atoms with Crippen LogP contribution in [0.25, 0.3) is 16.1 Å². The molecule has 0 unspecified atom stereocenters. The van der Waals surface area contributed by atoms with Crippen LogP contribution in [0, 0.1) is 5.92 Å². The molecule has 1 fully saturated rings. The quantitative estimate of drug-likeness (QED) is 0.503. The van der Waals surface area contributed by atoms with Gasteiger partial charge in [-0.3, -0.25) is 9.69 Å². The molecular formula is C20H22N6O2S. The summed E-state index contributed by atoms with van der Waals surface area (Å²) < 4.78 is 8.62. The van der Waals surface area contributed by atoms with Crippen LogP contribution in [0.4, 0.5) is 0 Å². The van der Waals surface area contributed by atoms with E-state index in [1.54, 1.807) is 32.8 Å². The molecule has 5 heterocycles. The Labute approximate surface area is 171 Å². The molecule has 0 spiro atoms. The highest BCUT2D eigenvalue weighted by Gasteiger charge is 2.18. The molecule has 0 radical (unpaired) electrons. The van der Waals surface area contributed by atoms with Gasteiger partial charge in [0.1, 0.15) is 11.2 Å². The van der Waals surface area contributed by atoms with E-state index in [4.69, 9.17) is 4.52 Å². The Hall–Kier alpha value is -2.78. The predicted molar refractivity (Wildman–Crippen MR) is 110 cm³/mol. The van der Waals surface area contributed by atoms with Crippen LogP contribution in [0.15, 0.2) is 45.3 Å². The first-order valence-corrected chi connectivity index (χ1v) is 10.7. The molecule has 1 aliphatic rings. The second-order valence-electron chi connectivity index (χ2n) is 7.63. The van der Waals surface area contributed by atoms with Crippen LogP contribution in [-0.4, -0.2) is 42.3 Å². The molecule has 0 atom stereocenters. The fourth-order valence-electron chi connectivity index (χ4n) is 3.68. The van der Waals surface area contributed by atoms with E-state index < -0.39 is 0 Å². The van der Waals surface area contributed by atoms with E-state index in [2.05, 4.69) is 27.1 Å². The van der Waals surface area contributed by atoms with E-state index in [1.165, 1.54) is 12.8 Å². The van der Waals surface area contributed by atoms with Crippen LogP contribution in [0.1, 0.15) is 31.5 Å². The summed E-state index contributed by atoms with van der Waals surface area (Å²) in [5.74, 6) is 1.90. The molecule has 0 aliphatic carbocycles. The minimum absolute atomic E-state index is 0.126. The van der Waals surface area contributed by atoms with Crippen molar-refractivity contribution in [2.45, 2.75) is 32.9 Å². The summed E-state index contributed by atoms with van der Waals surface area (Å²) in [5.41, 5.74) is 1.20. The van der Waals surface area contributed by atoms with Gasteiger partial charge in [0.25, 0.3) is 5.56 Å². The van der Waals surface area contributed by atoms with Gasteiger partial charge in [-0.05, 0) is 49.4 Å². The lowest BCUT2D eigenvalue weighted by molar-refractivity contribution is 0.165. The largest absolute Gasteiger partial charge is 0.338 e. The second kappa shape index (κ2) is 7.57. The number of piperidine rings is 1. The zero-order valence-electron chi connectivity index (χ0n) is 16.2.